The predicted molar refractivity (Wildman–Crippen MR) is 280 cm³/mol. The molecule has 0 N–H and O–H groups in total. The third-order valence-electron chi connectivity index (χ3n) is 13.9. The maximum Gasteiger partial charge on any atom is 0.422 e. The molecule has 0 unspecified atom stereocenters. The van der Waals surface area contributed by atoms with Crippen LogP contribution in [-0.4, -0.2) is 92.2 Å². The minimum Gasteiger partial charge on any atom is -0.468 e. The van der Waals surface area contributed by atoms with Gasteiger partial charge in [-0.3, -0.25) is 4.90 Å². The van der Waals surface area contributed by atoms with Crippen molar-refractivity contribution in [3.8, 4) is 34.4 Å². The van der Waals surface area contributed by atoms with E-state index < -0.39 is 50.2 Å². The van der Waals surface area contributed by atoms with E-state index in [0.29, 0.717) is 35.1 Å². The van der Waals surface area contributed by atoms with Gasteiger partial charge in [0.2, 0.25) is 0 Å². The van der Waals surface area contributed by atoms with Gasteiger partial charge in [0, 0.05) is 47.7 Å². The standard InChI is InChI=1S/C57H62F5N5O5Si/c1-34(2)73(35(3)4,36(5)6)26-25-43-46(58)24-21-39-27-42(71-33-69-10)28-44(48(39)43)49-47(63-51(37-17-13-11-14-18-37)38-19-15-12-16-20-38)29-45-52(50(49)59)64-54(70-32-57(60,61)62)65-53(45)66-30-40-22-23-41(31-66)67(40)55(68)72-56(7,8)9/h11-21,24,27-29,34-36,40-41H,22-23,30-33H2,1-10H3/t40-,41+. The summed E-state index contributed by atoms with van der Waals surface area (Å²) in [5, 5.41) is 0.857. The zero-order valence-corrected chi connectivity index (χ0v) is 44.0. The van der Waals surface area contributed by atoms with Crippen LogP contribution in [0.3, 0.4) is 0 Å². The fraction of sp³-hybridized carbons (Fsp3) is 0.404. The number of carbonyl (C=O) groups excluding carboxylic acids is 1. The van der Waals surface area contributed by atoms with Crippen LogP contribution in [0.4, 0.5) is 38.3 Å². The number of methoxy groups -OCH3 is 1. The number of anilines is 1. The van der Waals surface area contributed by atoms with E-state index in [1.165, 1.54) is 13.2 Å². The highest BCUT2D eigenvalue weighted by molar-refractivity contribution is 6.90. The third-order valence-corrected chi connectivity index (χ3v) is 20.2. The number of benzene rings is 5. The smallest absolute Gasteiger partial charge is 0.422 e. The topological polar surface area (TPSA) is 98.6 Å². The number of hydrogen-bond donors (Lipinski definition) is 0. The lowest BCUT2D eigenvalue weighted by atomic mass is 9.91. The second-order valence-electron chi connectivity index (χ2n) is 20.8. The first kappa shape index (κ1) is 52.7. The molecular formula is C57H62F5N5O5Si. The van der Waals surface area contributed by atoms with Crippen LogP contribution in [0.25, 0.3) is 32.8 Å². The summed E-state index contributed by atoms with van der Waals surface area (Å²) in [5.41, 5.74) is 5.10. The summed E-state index contributed by atoms with van der Waals surface area (Å²) in [7, 11) is -1.03. The summed E-state index contributed by atoms with van der Waals surface area (Å²) in [6.45, 7) is 16.8. The Hall–Kier alpha value is -6.57. The number of carbonyl (C=O) groups is 1. The number of alkyl halides is 3. The molecule has 6 aromatic rings. The molecule has 0 aliphatic carbocycles. The molecule has 5 aromatic carbocycles. The second-order valence-corrected chi connectivity index (χ2v) is 26.4. The second kappa shape index (κ2) is 21.1. The molecule has 2 atom stereocenters. The highest BCUT2D eigenvalue weighted by Crippen LogP contribution is 2.47. The van der Waals surface area contributed by atoms with E-state index in [9.17, 15) is 18.0 Å². The number of halogens is 5. The van der Waals surface area contributed by atoms with E-state index in [1.54, 1.807) is 49.9 Å². The lowest BCUT2D eigenvalue weighted by Gasteiger charge is -2.42. The fourth-order valence-electron chi connectivity index (χ4n) is 10.8. The van der Waals surface area contributed by atoms with Crippen molar-refractivity contribution in [1.29, 1.82) is 0 Å². The van der Waals surface area contributed by atoms with Crippen molar-refractivity contribution in [2.24, 2.45) is 4.99 Å². The van der Waals surface area contributed by atoms with Gasteiger partial charge in [-0.25, -0.2) is 18.6 Å². The average Bonchev–Trinajstić information content (AvgIpc) is 3.61. The largest absolute Gasteiger partial charge is 0.468 e. The van der Waals surface area contributed by atoms with Crippen LogP contribution >= 0.6 is 0 Å². The summed E-state index contributed by atoms with van der Waals surface area (Å²) >= 11 is 0. The minimum absolute atomic E-state index is 0.0429. The molecule has 8 rings (SSSR count). The van der Waals surface area contributed by atoms with E-state index in [2.05, 4.69) is 63.0 Å². The van der Waals surface area contributed by atoms with Crippen LogP contribution in [0.15, 0.2) is 96.0 Å². The Morgan fingerprint density at radius 2 is 1.42 bits per heavy atom. The molecule has 2 saturated heterocycles. The molecule has 73 heavy (non-hydrogen) atoms. The van der Waals surface area contributed by atoms with Crippen molar-refractivity contribution in [2.75, 3.05) is 38.5 Å². The average molecular weight is 1020 g/mol. The molecule has 10 nitrogen and oxygen atoms in total. The van der Waals surface area contributed by atoms with Gasteiger partial charge in [0.05, 0.1) is 29.0 Å². The Morgan fingerprint density at radius 3 is 1.97 bits per heavy atom. The molecular weight excluding hydrogens is 958 g/mol. The van der Waals surface area contributed by atoms with Gasteiger partial charge in [-0.15, -0.1) is 5.54 Å². The van der Waals surface area contributed by atoms with Crippen molar-refractivity contribution in [3.05, 3.63) is 119 Å². The maximum absolute atomic E-state index is 18.9. The summed E-state index contributed by atoms with van der Waals surface area (Å²) in [4.78, 5) is 31.5. The van der Waals surface area contributed by atoms with Gasteiger partial charge in [-0.05, 0) is 85.5 Å². The van der Waals surface area contributed by atoms with Gasteiger partial charge in [-0.1, -0.05) is 114 Å². The zero-order chi connectivity index (χ0) is 52.6. The lowest BCUT2D eigenvalue weighted by molar-refractivity contribution is -0.154. The number of amides is 1. The van der Waals surface area contributed by atoms with Gasteiger partial charge in [0.25, 0.3) is 0 Å². The predicted octanol–water partition coefficient (Wildman–Crippen LogP) is 14.0. The number of ether oxygens (including phenoxy) is 4. The number of rotatable bonds is 13. The van der Waals surface area contributed by atoms with E-state index in [-0.39, 0.29) is 98.8 Å². The van der Waals surface area contributed by atoms with Gasteiger partial charge < -0.3 is 23.8 Å². The highest BCUT2D eigenvalue weighted by Gasteiger charge is 2.46. The van der Waals surface area contributed by atoms with Gasteiger partial charge in [0.1, 0.15) is 36.6 Å². The summed E-state index contributed by atoms with van der Waals surface area (Å²) < 4.78 is 99.9. The Morgan fingerprint density at radius 1 is 0.822 bits per heavy atom. The van der Waals surface area contributed by atoms with E-state index in [0.717, 1.165) is 0 Å². The third kappa shape index (κ3) is 11.0. The molecule has 1 amide bonds. The van der Waals surface area contributed by atoms with Crippen LogP contribution in [0.5, 0.6) is 11.8 Å². The van der Waals surface area contributed by atoms with E-state index in [4.69, 9.17) is 23.9 Å². The molecule has 1 aromatic heterocycles. The van der Waals surface area contributed by atoms with Crippen LogP contribution in [0.1, 0.15) is 91.8 Å². The molecule has 384 valence electrons. The summed E-state index contributed by atoms with van der Waals surface area (Å²) in [6.07, 6.45) is -4.01. The molecule has 2 bridgehead atoms. The first-order chi connectivity index (χ1) is 34.6. The Bertz CT molecular complexity index is 3020. The van der Waals surface area contributed by atoms with Crippen LogP contribution in [0.2, 0.25) is 16.6 Å². The maximum atomic E-state index is 18.9. The molecule has 0 saturated carbocycles. The molecule has 0 spiro atoms. The first-order valence-electron chi connectivity index (χ1n) is 24.7. The summed E-state index contributed by atoms with van der Waals surface area (Å²) in [6, 6.07) is 25.1. The van der Waals surface area contributed by atoms with E-state index in [1.807, 2.05) is 65.6 Å². The van der Waals surface area contributed by atoms with Gasteiger partial charge >= 0.3 is 18.3 Å². The Balaban J connectivity index is 1.49. The number of aliphatic imine (C=N–C) groups is 1. The molecule has 3 heterocycles. The number of aromatic nitrogens is 2. The van der Waals surface area contributed by atoms with Crippen molar-refractivity contribution >= 4 is 53.1 Å². The lowest BCUT2D eigenvalue weighted by Crippen LogP contribution is -2.57. The zero-order valence-electron chi connectivity index (χ0n) is 43.0. The SMILES string of the molecule is COCOc1cc(-c2c(N=C(c3ccccc3)c3ccccc3)cc3c(N4C[C@H]5CC[C@@H](C4)N5C(=O)OC(C)(C)C)nc(OCC(F)(F)F)nc3c2F)c2c(C#C[Si](C(C)C)(C(C)C)C(C)C)c(F)ccc2c1. The van der Waals surface area contributed by atoms with E-state index >= 15 is 8.78 Å². The van der Waals surface area contributed by atoms with Crippen LogP contribution < -0.4 is 14.4 Å². The molecule has 0 radical (unpaired) electrons. The quantitative estimate of drug-likeness (QED) is 0.0371. The Kier molecular flexibility index (Phi) is 15.3. The molecule has 2 fully saturated rings. The number of fused-ring (bicyclic) bond motifs is 4. The van der Waals surface area contributed by atoms with Crippen molar-refractivity contribution < 1.29 is 45.7 Å². The van der Waals surface area contributed by atoms with Crippen LogP contribution in [0, 0.1) is 23.1 Å². The van der Waals surface area contributed by atoms with Gasteiger partial charge in [-0.2, -0.15) is 23.1 Å². The van der Waals surface area contributed by atoms with Crippen LogP contribution in [-0.2, 0) is 9.47 Å². The van der Waals surface area contributed by atoms with Crippen molar-refractivity contribution in [2.45, 2.75) is 116 Å². The normalized spacial score (nSPS) is 16.1. The number of hydrogen-bond acceptors (Lipinski definition) is 9. The number of nitrogens with zero attached hydrogens (tertiary/aromatic N) is 5. The van der Waals surface area contributed by atoms with Crippen molar-refractivity contribution in [3.63, 3.8) is 0 Å². The first-order valence-corrected chi connectivity index (χ1v) is 26.9. The minimum atomic E-state index is -4.78. The highest BCUT2D eigenvalue weighted by atomic mass is 28.3. The van der Waals surface area contributed by atoms with Gasteiger partial charge in [0.15, 0.2) is 19.2 Å². The fourth-order valence-corrected chi connectivity index (χ4v) is 16.0. The number of piperazine rings is 1. The van der Waals surface area contributed by atoms with Crippen molar-refractivity contribution in [1.82, 2.24) is 14.9 Å². The molecule has 2 aliphatic heterocycles. The monoisotopic (exact) mass is 1020 g/mol. The molecule has 16 heteroatoms. The summed E-state index contributed by atoms with van der Waals surface area (Å²) in [5.74, 6) is 2.05. The molecule has 2 aliphatic rings. The Labute approximate surface area is 424 Å².